The van der Waals surface area contributed by atoms with Crippen molar-refractivity contribution in [3.05, 3.63) is 71.8 Å². The molecule has 2 atom stereocenters. The van der Waals surface area contributed by atoms with Crippen molar-refractivity contribution in [3.63, 3.8) is 0 Å². The van der Waals surface area contributed by atoms with Crippen LogP contribution >= 0.6 is 0 Å². The Morgan fingerprint density at radius 1 is 1.00 bits per heavy atom. The Labute approximate surface area is 246 Å². The summed E-state index contributed by atoms with van der Waals surface area (Å²) >= 11 is 0. The van der Waals surface area contributed by atoms with Gasteiger partial charge in [0.05, 0.1) is 5.92 Å². The van der Waals surface area contributed by atoms with Gasteiger partial charge >= 0.3 is 5.97 Å². The molecule has 222 valence electrons. The number of benzene rings is 2. The quantitative estimate of drug-likeness (QED) is 0.314. The van der Waals surface area contributed by atoms with E-state index in [0.717, 1.165) is 36.3 Å². The van der Waals surface area contributed by atoms with E-state index >= 15 is 4.39 Å². The van der Waals surface area contributed by atoms with Crippen LogP contribution in [0.3, 0.4) is 0 Å². The zero-order valence-corrected chi connectivity index (χ0v) is 24.1. The molecule has 0 radical (unpaired) electrons. The number of hydrogen-bond donors (Lipinski definition) is 3. The summed E-state index contributed by atoms with van der Waals surface area (Å²) in [4.78, 5) is 37.7. The van der Waals surface area contributed by atoms with Crippen molar-refractivity contribution in [2.24, 2.45) is 5.92 Å². The molecule has 42 heavy (non-hydrogen) atoms. The second-order valence-corrected chi connectivity index (χ2v) is 11.3. The third-order valence-corrected chi connectivity index (χ3v) is 8.18. The lowest BCUT2D eigenvalue weighted by Crippen LogP contribution is -2.49. The highest BCUT2D eigenvalue weighted by molar-refractivity contribution is 5.85. The first kappa shape index (κ1) is 29.4. The number of amides is 1. The Balaban J connectivity index is 1.18. The molecule has 3 N–H and O–H groups in total. The van der Waals surface area contributed by atoms with Crippen LogP contribution < -0.4 is 15.5 Å². The summed E-state index contributed by atoms with van der Waals surface area (Å²) in [5, 5.41) is 15.7. The van der Waals surface area contributed by atoms with Crippen molar-refractivity contribution in [2.45, 2.75) is 45.1 Å². The maximum Gasteiger partial charge on any atom is 0.326 e. The molecule has 5 rings (SSSR count). The summed E-state index contributed by atoms with van der Waals surface area (Å²) in [5.41, 5.74) is 4.13. The van der Waals surface area contributed by atoms with Gasteiger partial charge in [-0.1, -0.05) is 54.1 Å². The fraction of sp³-hybridized carbons (Fsp3) is 0.438. The zero-order chi connectivity index (χ0) is 29.5. The van der Waals surface area contributed by atoms with Gasteiger partial charge < -0.3 is 25.5 Å². The van der Waals surface area contributed by atoms with E-state index < -0.39 is 23.7 Å². The number of carboxylic acid groups (broad SMARTS) is 1. The molecule has 0 saturated carbocycles. The molecule has 3 heterocycles. The van der Waals surface area contributed by atoms with Crippen LogP contribution in [0, 0.1) is 18.7 Å². The minimum Gasteiger partial charge on any atom is -0.480 e. The summed E-state index contributed by atoms with van der Waals surface area (Å²) in [5.74, 6) is -2.13. The van der Waals surface area contributed by atoms with E-state index in [0.29, 0.717) is 25.9 Å². The monoisotopic (exact) mass is 574 g/mol. The summed E-state index contributed by atoms with van der Waals surface area (Å²) in [6, 6.07) is 14.9. The second-order valence-electron chi connectivity index (χ2n) is 11.3. The number of carboxylic acids is 1. The smallest absolute Gasteiger partial charge is 0.326 e. The maximum atomic E-state index is 15.4. The van der Waals surface area contributed by atoms with Crippen LogP contribution in [0.1, 0.15) is 36.8 Å². The Hall–Kier alpha value is -4.05. The molecule has 2 saturated heterocycles. The van der Waals surface area contributed by atoms with Gasteiger partial charge in [0, 0.05) is 32.6 Å². The zero-order valence-electron chi connectivity index (χ0n) is 24.1. The summed E-state index contributed by atoms with van der Waals surface area (Å²) in [6.07, 6.45) is 5.16. The van der Waals surface area contributed by atoms with Crippen LogP contribution in [-0.2, 0) is 16.0 Å². The van der Waals surface area contributed by atoms with Gasteiger partial charge in [-0.2, -0.15) is 4.39 Å². The van der Waals surface area contributed by atoms with Gasteiger partial charge in [0.1, 0.15) is 12.4 Å². The number of rotatable bonds is 11. The van der Waals surface area contributed by atoms with Crippen LogP contribution in [0.4, 0.5) is 16.0 Å². The Morgan fingerprint density at radius 2 is 1.69 bits per heavy atom. The second kappa shape index (κ2) is 13.7. The number of aliphatic carboxylic acids is 1. The molecule has 0 spiro atoms. The van der Waals surface area contributed by atoms with Crippen LogP contribution in [0.2, 0.25) is 0 Å². The third-order valence-electron chi connectivity index (χ3n) is 8.18. The van der Waals surface area contributed by atoms with Crippen molar-refractivity contribution in [1.29, 1.82) is 0 Å². The predicted octanol–water partition coefficient (Wildman–Crippen LogP) is 4.13. The minimum absolute atomic E-state index is 0.158. The van der Waals surface area contributed by atoms with Crippen molar-refractivity contribution < 1.29 is 19.1 Å². The number of carbonyl (C=O) groups excluding carboxylic acids is 1. The van der Waals surface area contributed by atoms with Gasteiger partial charge in [-0.25, -0.2) is 14.8 Å². The first-order valence-corrected chi connectivity index (χ1v) is 14.8. The number of carbonyl (C=O) groups is 2. The highest BCUT2D eigenvalue weighted by Crippen LogP contribution is 2.27. The highest BCUT2D eigenvalue weighted by atomic mass is 19.1. The molecule has 0 bridgehead atoms. The number of likely N-dealkylation sites (tertiary alicyclic amines) is 1. The standard InChI is InChI=1S/C32H39FN6O3/c1-22-6-10-24(11-7-22)25-12-8-23(9-13-25)19-27(32(41)42)37-31(40)26-5-4-17-39(20-26)30-28(33)29(35-21-36-30)34-14-18-38-15-2-3-16-38/h6-13,21,26-27H,2-5,14-20H2,1H3,(H,37,40)(H,41,42)(H,34,35,36)/t26?,27-/m0/s1. The van der Waals surface area contributed by atoms with E-state index in [1.165, 1.54) is 24.7 Å². The fourth-order valence-electron chi connectivity index (χ4n) is 5.73. The highest BCUT2D eigenvalue weighted by Gasteiger charge is 2.31. The van der Waals surface area contributed by atoms with Crippen molar-refractivity contribution >= 4 is 23.5 Å². The average Bonchev–Trinajstić information content (AvgIpc) is 3.52. The molecule has 1 unspecified atom stereocenters. The lowest BCUT2D eigenvalue weighted by Gasteiger charge is -2.33. The van der Waals surface area contributed by atoms with Gasteiger partial charge in [-0.05, 0) is 62.4 Å². The average molecular weight is 575 g/mol. The van der Waals surface area contributed by atoms with Gasteiger partial charge in [-0.3, -0.25) is 4.79 Å². The van der Waals surface area contributed by atoms with Crippen LogP contribution in [0.25, 0.3) is 11.1 Å². The van der Waals surface area contributed by atoms with E-state index in [2.05, 4.69) is 49.8 Å². The number of piperidine rings is 1. The topological polar surface area (TPSA) is 111 Å². The summed E-state index contributed by atoms with van der Waals surface area (Å²) < 4.78 is 15.4. The lowest BCUT2D eigenvalue weighted by molar-refractivity contribution is -0.142. The molecular weight excluding hydrogens is 535 g/mol. The molecule has 10 heteroatoms. The largest absolute Gasteiger partial charge is 0.480 e. The molecule has 0 aliphatic carbocycles. The SMILES string of the molecule is Cc1ccc(-c2ccc(C[C@H](NC(=O)C3CCCN(c4ncnc(NCCN5CCCC5)c4F)C3)C(=O)O)cc2)cc1. The minimum atomic E-state index is -1.09. The van der Waals surface area contributed by atoms with Gasteiger partial charge in [0.25, 0.3) is 0 Å². The molecule has 2 aliphatic heterocycles. The predicted molar refractivity (Wildman–Crippen MR) is 161 cm³/mol. The first-order chi connectivity index (χ1) is 20.4. The summed E-state index contributed by atoms with van der Waals surface area (Å²) in [6.45, 7) is 6.40. The normalized spacial score (nSPS) is 18.0. The third kappa shape index (κ3) is 7.42. The lowest BCUT2D eigenvalue weighted by atomic mass is 9.95. The van der Waals surface area contributed by atoms with E-state index in [-0.39, 0.29) is 30.5 Å². The Kier molecular flexibility index (Phi) is 9.63. The number of aromatic nitrogens is 2. The summed E-state index contributed by atoms with van der Waals surface area (Å²) in [7, 11) is 0. The van der Waals surface area contributed by atoms with Gasteiger partial charge in [-0.15, -0.1) is 0 Å². The number of halogens is 1. The molecule has 2 aliphatic rings. The fourth-order valence-corrected chi connectivity index (χ4v) is 5.73. The number of anilines is 2. The number of aryl methyl sites for hydroxylation is 1. The van der Waals surface area contributed by atoms with E-state index in [9.17, 15) is 14.7 Å². The van der Waals surface area contributed by atoms with Crippen molar-refractivity contribution in [3.8, 4) is 11.1 Å². The van der Waals surface area contributed by atoms with Crippen LogP contribution in [0.5, 0.6) is 0 Å². The molecule has 2 fully saturated rings. The van der Waals surface area contributed by atoms with E-state index in [1.807, 2.05) is 31.2 Å². The van der Waals surface area contributed by atoms with Crippen molar-refractivity contribution in [1.82, 2.24) is 20.2 Å². The Bertz CT molecular complexity index is 1360. The van der Waals surface area contributed by atoms with E-state index in [4.69, 9.17) is 0 Å². The molecule has 2 aromatic carbocycles. The van der Waals surface area contributed by atoms with Crippen molar-refractivity contribution in [2.75, 3.05) is 49.5 Å². The first-order valence-electron chi connectivity index (χ1n) is 14.8. The molecule has 3 aromatic rings. The number of nitrogens with one attached hydrogen (secondary N) is 2. The molecule has 1 aromatic heterocycles. The maximum absolute atomic E-state index is 15.4. The Morgan fingerprint density at radius 3 is 2.38 bits per heavy atom. The number of hydrogen-bond acceptors (Lipinski definition) is 7. The number of nitrogens with zero attached hydrogens (tertiary/aromatic N) is 4. The van der Waals surface area contributed by atoms with Crippen LogP contribution in [0.15, 0.2) is 54.9 Å². The van der Waals surface area contributed by atoms with E-state index in [1.54, 1.807) is 4.90 Å². The van der Waals surface area contributed by atoms with Crippen LogP contribution in [-0.4, -0.2) is 77.2 Å². The molecule has 9 nitrogen and oxygen atoms in total. The molecule has 1 amide bonds. The van der Waals surface area contributed by atoms with Gasteiger partial charge in [0.2, 0.25) is 11.7 Å². The van der Waals surface area contributed by atoms with Gasteiger partial charge in [0.15, 0.2) is 11.6 Å². The molecular formula is C32H39FN6O3.